The highest BCUT2D eigenvalue weighted by atomic mass is 16.6. The number of carbonyl (C=O) groups excluding carboxylic acids is 1. The summed E-state index contributed by atoms with van der Waals surface area (Å²) in [5.41, 5.74) is 1.95. The van der Waals surface area contributed by atoms with Crippen LogP contribution in [0.1, 0.15) is 74.7 Å². The third-order valence-electron chi connectivity index (χ3n) is 6.53. The fraction of sp³-hybridized carbons (Fsp3) is 0.583. The Balaban J connectivity index is 1.48. The molecule has 0 unspecified atom stereocenters. The molecule has 2 fully saturated rings. The topological polar surface area (TPSA) is 101 Å². The molecule has 0 aromatic carbocycles. The fourth-order valence-electron chi connectivity index (χ4n) is 4.55. The number of aryl methyl sites for hydroxylation is 1. The molecule has 8 heteroatoms. The van der Waals surface area contributed by atoms with Gasteiger partial charge in [0.05, 0.1) is 17.4 Å². The lowest BCUT2D eigenvalue weighted by molar-refractivity contribution is 0.0917. The molecule has 0 bridgehead atoms. The number of rotatable bonds is 6. The van der Waals surface area contributed by atoms with E-state index in [9.17, 15) is 10.1 Å². The zero-order chi connectivity index (χ0) is 22.5. The number of amides is 1. The van der Waals surface area contributed by atoms with Crippen molar-refractivity contribution in [1.29, 1.82) is 5.26 Å². The third kappa shape index (κ3) is 4.87. The van der Waals surface area contributed by atoms with Gasteiger partial charge in [-0.3, -0.25) is 0 Å². The van der Waals surface area contributed by atoms with E-state index in [0.717, 1.165) is 51.4 Å². The maximum atomic E-state index is 12.5. The van der Waals surface area contributed by atoms with Crippen molar-refractivity contribution in [3.63, 3.8) is 0 Å². The van der Waals surface area contributed by atoms with Gasteiger partial charge in [-0.1, -0.05) is 24.4 Å². The van der Waals surface area contributed by atoms with E-state index in [4.69, 9.17) is 14.0 Å². The molecule has 170 valence electrons. The van der Waals surface area contributed by atoms with E-state index >= 15 is 0 Å². The molecule has 0 aliphatic heterocycles. The van der Waals surface area contributed by atoms with Crippen molar-refractivity contribution >= 4 is 6.09 Å². The van der Waals surface area contributed by atoms with Crippen LogP contribution in [0.3, 0.4) is 0 Å². The summed E-state index contributed by atoms with van der Waals surface area (Å²) in [6, 6.07) is 5.89. The number of nitriles is 1. The van der Waals surface area contributed by atoms with Crippen LogP contribution >= 0.6 is 0 Å². The molecule has 0 saturated heterocycles. The first-order chi connectivity index (χ1) is 15.6. The van der Waals surface area contributed by atoms with Crippen molar-refractivity contribution in [2.75, 3.05) is 7.05 Å². The van der Waals surface area contributed by atoms with Gasteiger partial charge in [0.25, 0.3) is 0 Å². The van der Waals surface area contributed by atoms with Crippen LogP contribution in [0.5, 0.6) is 5.75 Å². The van der Waals surface area contributed by atoms with Crippen molar-refractivity contribution in [3.8, 4) is 23.3 Å². The second-order valence-electron chi connectivity index (χ2n) is 8.71. The maximum absolute atomic E-state index is 12.5. The Hall–Kier alpha value is -3.08. The number of hydrogen-bond acceptors (Lipinski definition) is 7. The van der Waals surface area contributed by atoms with Crippen LogP contribution in [0.25, 0.3) is 11.5 Å². The van der Waals surface area contributed by atoms with Crippen molar-refractivity contribution in [1.82, 2.24) is 15.0 Å². The number of ether oxygens (including phenoxy) is 2. The van der Waals surface area contributed by atoms with Crippen LogP contribution in [-0.4, -0.2) is 40.3 Å². The summed E-state index contributed by atoms with van der Waals surface area (Å²) in [6.07, 6.45) is 9.61. The van der Waals surface area contributed by atoms with E-state index in [-0.39, 0.29) is 30.5 Å². The van der Waals surface area contributed by atoms with Gasteiger partial charge < -0.3 is 18.9 Å². The van der Waals surface area contributed by atoms with Gasteiger partial charge in [0.2, 0.25) is 0 Å². The summed E-state index contributed by atoms with van der Waals surface area (Å²) in [5, 5.41) is 13.7. The number of carbonyl (C=O) groups is 1. The number of aromatic nitrogens is 2. The van der Waals surface area contributed by atoms with Gasteiger partial charge in [0.15, 0.2) is 17.2 Å². The standard InChI is InChI=1S/C24H30N4O4/c1-16-19(15-30-24(29)28(2)17-8-6-7-9-17)23(32-27-16)20-12-13-22(21(14-25)26-20)31-18-10-4-3-5-11-18/h12-13,17-18H,3-11,15H2,1-2H3. The van der Waals surface area contributed by atoms with Crippen LogP contribution < -0.4 is 4.74 Å². The number of hydrogen-bond donors (Lipinski definition) is 0. The first kappa shape index (κ1) is 22.1. The van der Waals surface area contributed by atoms with Gasteiger partial charge in [-0.25, -0.2) is 9.78 Å². The fourth-order valence-corrected chi connectivity index (χ4v) is 4.55. The SMILES string of the molecule is Cc1noc(-c2ccc(OC3CCCCC3)c(C#N)n2)c1COC(=O)N(C)C1CCCC1. The highest BCUT2D eigenvalue weighted by Crippen LogP contribution is 2.30. The Bertz CT molecular complexity index is 984. The van der Waals surface area contributed by atoms with Crippen LogP contribution in [-0.2, 0) is 11.3 Å². The van der Waals surface area contributed by atoms with E-state index in [1.165, 1.54) is 6.42 Å². The molecule has 0 N–H and O–H groups in total. The summed E-state index contributed by atoms with van der Waals surface area (Å²) < 4.78 is 17.1. The molecule has 4 rings (SSSR count). The van der Waals surface area contributed by atoms with E-state index < -0.39 is 0 Å². The minimum atomic E-state index is -0.356. The predicted octanol–water partition coefficient (Wildman–Crippen LogP) is 5.14. The minimum absolute atomic E-state index is 0.0322. The van der Waals surface area contributed by atoms with Crippen molar-refractivity contribution in [3.05, 3.63) is 29.1 Å². The summed E-state index contributed by atoms with van der Waals surface area (Å²) in [6.45, 7) is 1.83. The van der Waals surface area contributed by atoms with Crippen LogP contribution in [0.15, 0.2) is 16.7 Å². The third-order valence-corrected chi connectivity index (χ3v) is 6.53. The average molecular weight is 439 g/mol. The molecule has 1 amide bonds. The van der Waals surface area contributed by atoms with Gasteiger partial charge in [0, 0.05) is 13.1 Å². The highest BCUT2D eigenvalue weighted by Gasteiger charge is 2.26. The van der Waals surface area contributed by atoms with Gasteiger partial charge in [-0.15, -0.1) is 0 Å². The van der Waals surface area contributed by atoms with Crippen LogP contribution in [0.4, 0.5) is 4.79 Å². The maximum Gasteiger partial charge on any atom is 0.410 e. The lowest BCUT2D eigenvalue weighted by atomic mass is 9.98. The molecule has 2 aromatic heterocycles. The molecule has 2 heterocycles. The minimum Gasteiger partial charge on any atom is -0.487 e. The number of pyridine rings is 1. The number of nitrogens with zero attached hydrogens (tertiary/aromatic N) is 4. The van der Waals surface area contributed by atoms with Crippen molar-refractivity contribution in [2.24, 2.45) is 0 Å². The van der Waals surface area contributed by atoms with Crippen molar-refractivity contribution < 1.29 is 18.8 Å². The van der Waals surface area contributed by atoms with E-state index in [1.54, 1.807) is 31.0 Å². The van der Waals surface area contributed by atoms with Gasteiger partial charge >= 0.3 is 6.09 Å². The molecule has 0 atom stereocenters. The molecule has 0 radical (unpaired) electrons. The monoisotopic (exact) mass is 438 g/mol. The normalized spacial score (nSPS) is 17.2. The summed E-state index contributed by atoms with van der Waals surface area (Å²) in [7, 11) is 1.78. The second-order valence-corrected chi connectivity index (χ2v) is 8.71. The summed E-state index contributed by atoms with van der Waals surface area (Å²) in [4.78, 5) is 18.6. The second kappa shape index (κ2) is 10.0. The van der Waals surface area contributed by atoms with Crippen LogP contribution in [0.2, 0.25) is 0 Å². The molecule has 2 aromatic rings. The van der Waals surface area contributed by atoms with Gasteiger partial charge in [-0.2, -0.15) is 5.26 Å². The van der Waals surface area contributed by atoms with Crippen molar-refractivity contribution in [2.45, 2.75) is 83.5 Å². The molecule has 2 aliphatic rings. The largest absolute Gasteiger partial charge is 0.487 e. The Morgan fingerprint density at radius 1 is 1.19 bits per heavy atom. The quantitative estimate of drug-likeness (QED) is 0.615. The first-order valence-corrected chi connectivity index (χ1v) is 11.5. The zero-order valence-corrected chi connectivity index (χ0v) is 18.8. The van der Waals surface area contributed by atoms with Gasteiger partial charge in [0.1, 0.15) is 18.4 Å². The molecule has 2 saturated carbocycles. The Morgan fingerprint density at radius 3 is 2.62 bits per heavy atom. The van der Waals surface area contributed by atoms with Crippen LogP contribution in [0, 0.1) is 18.3 Å². The van der Waals surface area contributed by atoms with E-state index in [2.05, 4.69) is 16.2 Å². The molecule has 8 nitrogen and oxygen atoms in total. The average Bonchev–Trinajstić information content (AvgIpc) is 3.48. The Kier molecular flexibility index (Phi) is 6.93. The molecule has 2 aliphatic carbocycles. The van der Waals surface area contributed by atoms with E-state index in [1.807, 2.05) is 0 Å². The summed E-state index contributed by atoms with van der Waals surface area (Å²) >= 11 is 0. The Morgan fingerprint density at radius 2 is 1.91 bits per heavy atom. The smallest absolute Gasteiger partial charge is 0.410 e. The Labute approximate surface area is 188 Å². The zero-order valence-electron chi connectivity index (χ0n) is 18.8. The lowest BCUT2D eigenvalue weighted by Gasteiger charge is -2.23. The molecule has 32 heavy (non-hydrogen) atoms. The predicted molar refractivity (Wildman–Crippen MR) is 117 cm³/mol. The van der Waals surface area contributed by atoms with Gasteiger partial charge in [-0.05, 0) is 57.6 Å². The van der Waals surface area contributed by atoms with E-state index in [0.29, 0.717) is 28.5 Å². The lowest BCUT2D eigenvalue weighted by Crippen LogP contribution is -2.35. The highest BCUT2D eigenvalue weighted by molar-refractivity contribution is 5.68. The summed E-state index contributed by atoms with van der Waals surface area (Å²) in [5.74, 6) is 0.894. The molecular formula is C24H30N4O4. The first-order valence-electron chi connectivity index (χ1n) is 11.5. The molecule has 0 spiro atoms. The molecular weight excluding hydrogens is 408 g/mol.